The number of hydrogen-bond donors (Lipinski definition) is 0. The zero-order valence-corrected chi connectivity index (χ0v) is 11.4. The van der Waals surface area contributed by atoms with Crippen molar-refractivity contribution >= 4 is 17.1 Å². The van der Waals surface area contributed by atoms with Crippen molar-refractivity contribution in [1.29, 1.82) is 0 Å². The van der Waals surface area contributed by atoms with Crippen LogP contribution in [0.4, 0.5) is 17.1 Å². The van der Waals surface area contributed by atoms with Crippen LogP contribution in [0.5, 0.6) is 0 Å². The fourth-order valence-electron chi connectivity index (χ4n) is 2.80. The van der Waals surface area contributed by atoms with Gasteiger partial charge in [-0.15, -0.1) is 0 Å². The predicted molar refractivity (Wildman–Crippen MR) is 79.1 cm³/mol. The summed E-state index contributed by atoms with van der Waals surface area (Å²) in [6, 6.07) is 14.9. The van der Waals surface area contributed by atoms with Crippen LogP contribution in [0.1, 0.15) is 11.7 Å². The number of rotatable bonds is 2. The van der Waals surface area contributed by atoms with E-state index in [0.29, 0.717) is 0 Å². The van der Waals surface area contributed by atoms with Gasteiger partial charge in [-0.1, -0.05) is 12.1 Å². The van der Waals surface area contributed by atoms with Gasteiger partial charge in [0.1, 0.15) is 6.17 Å². The van der Waals surface area contributed by atoms with Crippen molar-refractivity contribution in [3.63, 3.8) is 0 Å². The maximum atomic E-state index is 10.7. The minimum atomic E-state index is -0.374. The lowest BCUT2D eigenvalue weighted by atomic mass is 10.1. The molecule has 1 aliphatic heterocycles. The van der Waals surface area contributed by atoms with Gasteiger partial charge in [0.05, 0.1) is 16.3 Å². The van der Waals surface area contributed by atoms with Crippen LogP contribution in [0, 0.1) is 10.1 Å². The van der Waals surface area contributed by atoms with Crippen molar-refractivity contribution in [2.45, 2.75) is 6.17 Å². The Morgan fingerprint density at radius 1 is 0.950 bits per heavy atom. The molecule has 2 aromatic rings. The zero-order valence-electron chi connectivity index (χ0n) is 11.4. The summed E-state index contributed by atoms with van der Waals surface area (Å²) in [4.78, 5) is 14.7. The lowest BCUT2D eigenvalue weighted by Crippen LogP contribution is -2.30. The van der Waals surface area contributed by atoms with E-state index in [1.165, 1.54) is 11.4 Å². The van der Waals surface area contributed by atoms with Crippen molar-refractivity contribution in [2.75, 3.05) is 23.9 Å². The number of anilines is 2. The Hall–Kier alpha value is -2.56. The smallest absolute Gasteiger partial charge is 0.269 e. The third-order valence-corrected chi connectivity index (χ3v) is 3.78. The molecule has 0 amide bonds. The van der Waals surface area contributed by atoms with E-state index in [4.69, 9.17) is 0 Å². The monoisotopic (exact) mass is 269 g/mol. The minimum absolute atomic E-state index is 0.0632. The zero-order chi connectivity index (χ0) is 14.3. The van der Waals surface area contributed by atoms with E-state index in [0.717, 1.165) is 5.56 Å². The lowest BCUT2D eigenvalue weighted by molar-refractivity contribution is -0.384. The Morgan fingerprint density at radius 3 is 1.90 bits per heavy atom. The molecule has 5 nitrogen and oxygen atoms in total. The molecule has 1 heterocycles. The predicted octanol–water partition coefficient (Wildman–Crippen LogP) is 3.18. The van der Waals surface area contributed by atoms with E-state index in [1.807, 2.05) is 38.4 Å². The third kappa shape index (κ3) is 1.79. The van der Waals surface area contributed by atoms with Crippen molar-refractivity contribution in [3.05, 3.63) is 64.2 Å². The van der Waals surface area contributed by atoms with Crippen molar-refractivity contribution in [3.8, 4) is 0 Å². The fraction of sp³-hybridized carbons (Fsp3) is 0.200. The Kier molecular flexibility index (Phi) is 2.82. The summed E-state index contributed by atoms with van der Waals surface area (Å²) in [7, 11) is 4.07. The van der Waals surface area contributed by atoms with Gasteiger partial charge in [0.2, 0.25) is 0 Å². The van der Waals surface area contributed by atoms with Gasteiger partial charge in [-0.2, -0.15) is 0 Å². The molecule has 0 saturated carbocycles. The molecule has 0 saturated heterocycles. The highest BCUT2D eigenvalue weighted by Crippen LogP contribution is 2.44. The van der Waals surface area contributed by atoms with E-state index < -0.39 is 0 Å². The van der Waals surface area contributed by atoms with Crippen LogP contribution < -0.4 is 9.80 Å². The Labute approximate surface area is 117 Å². The summed E-state index contributed by atoms with van der Waals surface area (Å²) in [5.41, 5.74) is 3.49. The quantitative estimate of drug-likeness (QED) is 0.620. The van der Waals surface area contributed by atoms with Crippen molar-refractivity contribution in [1.82, 2.24) is 0 Å². The number of nitro benzene ring substituents is 1. The van der Waals surface area contributed by atoms with Crippen molar-refractivity contribution < 1.29 is 4.92 Å². The summed E-state index contributed by atoms with van der Waals surface area (Å²) in [6.07, 6.45) is 0.0632. The van der Waals surface area contributed by atoms with E-state index >= 15 is 0 Å². The molecule has 0 N–H and O–H groups in total. The van der Waals surface area contributed by atoms with Gasteiger partial charge in [0, 0.05) is 26.2 Å². The maximum absolute atomic E-state index is 10.7. The SMILES string of the molecule is CN1c2ccccc2N(C)C1c1ccc([N+](=O)[O-])cc1. The van der Waals surface area contributed by atoms with Crippen molar-refractivity contribution in [2.24, 2.45) is 0 Å². The van der Waals surface area contributed by atoms with Crippen LogP contribution in [0.25, 0.3) is 0 Å². The van der Waals surface area contributed by atoms with Gasteiger partial charge < -0.3 is 9.80 Å². The number of hydrogen-bond acceptors (Lipinski definition) is 4. The third-order valence-electron chi connectivity index (χ3n) is 3.78. The summed E-state index contributed by atoms with van der Waals surface area (Å²) in [6.45, 7) is 0. The first-order chi connectivity index (χ1) is 9.59. The number of non-ortho nitro benzene ring substituents is 1. The van der Waals surface area contributed by atoms with Crippen LogP contribution >= 0.6 is 0 Å². The largest absolute Gasteiger partial charge is 0.349 e. The highest BCUT2D eigenvalue weighted by Gasteiger charge is 2.31. The molecule has 0 fully saturated rings. The topological polar surface area (TPSA) is 49.6 Å². The van der Waals surface area contributed by atoms with Gasteiger partial charge in [0.25, 0.3) is 5.69 Å². The summed E-state index contributed by atoms with van der Waals surface area (Å²) >= 11 is 0. The van der Waals surface area contributed by atoms with Gasteiger partial charge in [-0.3, -0.25) is 10.1 Å². The van der Waals surface area contributed by atoms with Crippen LogP contribution in [0.15, 0.2) is 48.5 Å². The Balaban J connectivity index is 1.98. The number of nitro groups is 1. The van der Waals surface area contributed by atoms with Crippen LogP contribution in [-0.2, 0) is 0 Å². The second-order valence-corrected chi connectivity index (χ2v) is 4.93. The van der Waals surface area contributed by atoms with Gasteiger partial charge in [0.15, 0.2) is 0 Å². The molecule has 0 aliphatic carbocycles. The highest BCUT2D eigenvalue weighted by molar-refractivity contribution is 5.77. The van der Waals surface area contributed by atoms with E-state index in [-0.39, 0.29) is 16.8 Å². The number of benzene rings is 2. The van der Waals surface area contributed by atoms with E-state index in [9.17, 15) is 10.1 Å². The molecule has 0 aromatic heterocycles. The average molecular weight is 269 g/mol. The molecular formula is C15H15N3O2. The first-order valence-corrected chi connectivity index (χ1v) is 6.38. The second kappa shape index (κ2) is 4.52. The van der Waals surface area contributed by atoms with E-state index in [2.05, 4.69) is 21.9 Å². The Morgan fingerprint density at radius 2 is 1.45 bits per heavy atom. The molecule has 20 heavy (non-hydrogen) atoms. The molecule has 3 rings (SSSR count). The number of nitrogens with zero attached hydrogens (tertiary/aromatic N) is 3. The molecular weight excluding hydrogens is 254 g/mol. The minimum Gasteiger partial charge on any atom is -0.349 e. The van der Waals surface area contributed by atoms with Crippen LogP contribution in [0.3, 0.4) is 0 Å². The molecule has 0 atom stereocenters. The van der Waals surface area contributed by atoms with E-state index in [1.54, 1.807) is 12.1 Å². The Bertz CT molecular complexity index is 625. The van der Waals surface area contributed by atoms with Gasteiger partial charge in [-0.05, 0) is 29.8 Å². The first-order valence-electron chi connectivity index (χ1n) is 6.38. The highest BCUT2D eigenvalue weighted by atomic mass is 16.6. The normalized spacial score (nSPS) is 14.5. The molecule has 0 radical (unpaired) electrons. The number of para-hydroxylation sites is 2. The fourth-order valence-corrected chi connectivity index (χ4v) is 2.80. The lowest BCUT2D eigenvalue weighted by Gasteiger charge is -2.28. The maximum Gasteiger partial charge on any atom is 0.269 e. The summed E-state index contributed by atoms with van der Waals surface area (Å²) in [5.74, 6) is 0. The molecule has 0 bridgehead atoms. The summed E-state index contributed by atoms with van der Waals surface area (Å²) < 4.78 is 0. The van der Waals surface area contributed by atoms with Gasteiger partial charge >= 0.3 is 0 Å². The second-order valence-electron chi connectivity index (χ2n) is 4.93. The molecule has 0 unspecified atom stereocenters. The molecule has 2 aromatic carbocycles. The molecule has 1 aliphatic rings. The molecule has 0 spiro atoms. The number of fused-ring (bicyclic) bond motifs is 1. The van der Waals surface area contributed by atoms with Gasteiger partial charge in [-0.25, -0.2) is 0 Å². The first kappa shape index (κ1) is 12.5. The standard InChI is InChI=1S/C15H15N3O2/c1-16-13-5-3-4-6-14(13)17(2)15(16)11-7-9-12(10-8-11)18(19)20/h3-10,15H,1-2H3. The van der Waals surface area contributed by atoms with Crippen LogP contribution in [-0.4, -0.2) is 19.0 Å². The average Bonchev–Trinajstić information content (AvgIpc) is 2.72. The molecule has 5 heteroatoms. The van der Waals surface area contributed by atoms with Crippen LogP contribution in [0.2, 0.25) is 0 Å². The summed E-state index contributed by atoms with van der Waals surface area (Å²) in [5, 5.41) is 10.7. The molecule has 102 valence electrons.